The fraction of sp³-hybridized carbons (Fsp3) is 0.409. The van der Waals surface area contributed by atoms with Gasteiger partial charge in [0.15, 0.2) is 5.76 Å². The fourth-order valence-electron chi connectivity index (χ4n) is 3.91. The normalized spacial score (nSPS) is 16.1. The SMILES string of the molecule is Cc1cc2oc(C(=O)NC[C@H](c3cccs3)N3CCCC3)c(C)c2cc1C. The van der Waals surface area contributed by atoms with Crippen molar-refractivity contribution in [3.05, 3.63) is 57.0 Å². The number of furan rings is 1. The van der Waals surface area contributed by atoms with Gasteiger partial charge in [0.2, 0.25) is 0 Å². The summed E-state index contributed by atoms with van der Waals surface area (Å²) in [6, 6.07) is 8.62. The Kier molecular flexibility index (Phi) is 5.06. The monoisotopic (exact) mass is 382 g/mol. The average molecular weight is 383 g/mol. The van der Waals surface area contributed by atoms with Crippen molar-refractivity contribution >= 4 is 28.2 Å². The smallest absolute Gasteiger partial charge is 0.287 e. The third kappa shape index (κ3) is 3.54. The van der Waals surface area contributed by atoms with E-state index in [1.165, 1.54) is 28.8 Å². The lowest BCUT2D eigenvalue weighted by Gasteiger charge is -2.26. The number of hydrogen-bond donors (Lipinski definition) is 1. The molecule has 1 aliphatic rings. The van der Waals surface area contributed by atoms with Gasteiger partial charge in [-0.25, -0.2) is 0 Å². The Labute approximate surface area is 164 Å². The minimum Gasteiger partial charge on any atom is -0.451 e. The standard InChI is InChI=1S/C22H26N2O2S/c1-14-11-17-16(3)21(26-19(17)12-15(14)2)22(25)23-13-18(20-7-6-10-27-20)24-8-4-5-9-24/h6-7,10-12,18H,4-5,8-9,13H2,1-3H3,(H,23,25)/t18-/m1/s1. The number of thiophene rings is 1. The molecule has 1 aromatic carbocycles. The lowest BCUT2D eigenvalue weighted by Crippen LogP contribution is -2.36. The molecule has 1 atom stereocenters. The molecule has 4 nitrogen and oxygen atoms in total. The zero-order valence-electron chi connectivity index (χ0n) is 16.2. The summed E-state index contributed by atoms with van der Waals surface area (Å²) in [7, 11) is 0. The van der Waals surface area contributed by atoms with E-state index >= 15 is 0 Å². The second kappa shape index (κ2) is 7.49. The van der Waals surface area contributed by atoms with Gasteiger partial charge in [0.1, 0.15) is 5.58 Å². The van der Waals surface area contributed by atoms with E-state index in [1.54, 1.807) is 11.3 Å². The number of likely N-dealkylation sites (tertiary alicyclic amines) is 1. The van der Waals surface area contributed by atoms with E-state index in [9.17, 15) is 4.79 Å². The van der Waals surface area contributed by atoms with Crippen LogP contribution in [0, 0.1) is 20.8 Å². The van der Waals surface area contributed by atoms with E-state index in [1.807, 2.05) is 13.0 Å². The van der Waals surface area contributed by atoms with Crippen LogP contribution in [0.4, 0.5) is 0 Å². The average Bonchev–Trinajstić information content (AvgIpc) is 3.39. The molecule has 1 aliphatic heterocycles. The Balaban J connectivity index is 1.54. The van der Waals surface area contributed by atoms with E-state index in [4.69, 9.17) is 4.42 Å². The van der Waals surface area contributed by atoms with Gasteiger partial charge in [0.25, 0.3) is 5.91 Å². The number of aryl methyl sites for hydroxylation is 3. The first kappa shape index (κ1) is 18.3. The van der Waals surface area contributed by atoms with Crippen molar-refractivity contribution in [2.75, 3.05) is 19.6 Å². The first-order valence-corrected chi connectivity index (χ1v) is 10.5. The molecular formula is C22H26N2O2S. The second-order valence-corrected chi connectivity index (χ2v) is 8.45. The fourth-order valence-corrected chi connectivity index (χ4v) is 4.77. The van der Waals surface area contributed by atoms with Crippen LogP contribution in [0.3, 0.4) is 0 Å². The van der Waals surface area contributed by atoms with Crippen LogP contribution in [-0.2, 0) is 0 Å². The number of fused-ring (bicyclic) bond motifs is 1. The predicted octanol–water partition coefficient (Wildman–Crippen LogP) is 4.99. The van der Waals surface area contributed by atoms with Crippen molar-refractivity contribution in [2.24, 2.45) is 0 Å². The Morgan fingerprint density at radius 1 is 1.22 bits per heavy atom. The summed E-state index contributed by atoms with van der Waals surface area (Å²) in [5.74, 6) is 0.307. The maximum absolute atomic E-state index is 12.9. The molecule has 27 heavy (non-hydrogen) atoms. The highest BCUT2D eigenvalue weighted by atomic mass is 32.1. The summed E-state index contributed by atoms with van der Waals surface area (Å²) in [6.45, 7) is 8.92. The lowest BCUT2D eigenvalue weighted by atomic mass is 10.0. The Hall–Kier alpha value is -2.11. The van der Waals surface area contributed by atoms with Crippen LogP contribution in [0.15, 0.2) is 34.1 Å². The number of benzene rings is 1. The maximum atomic E-state index is 12.9. The van der Waals surface area contributed by atoms with Crippen LogP contribution in [0.2, 0.25) is 0 Å². The van der Waals surface area contributed by atoms with E-state index in [2.05, 4.69) is 47.6 Å². The number of amides is 1. The van der Waals surface area contributed by atoms with Crippen molar-refractivity contribution in [1.82, 2.24) is 10.2 Å². The van der Waals surface area contributed by atoms with Crippen molar-refractivity contribution < 1.29 is 9.21 Å². The van der Waals surface area contributed by atoms with Crippen molar-refractivity contribution in [2.45, 2.75) is 39.7 Å². The minimum atomic E-state index is -0.125. The van der Waals surface area contributed by atoms with Crippen LogP contribution in [0.1, 0.15) is 51.0 Å². The molecule has 0 radical (unpaired) electrons. The summed E-state index contributed by atoms with van der Waals surface area (Å²) in [5.41, 5.74) is 4.09. The number of hydrogen-bond acceptors (Lipinski definition) is 4. The summed E-state index contributed by atoms with van der Waals surface area (Å²) in [4.78, 5) is 16.7. The largest absolute Gasteiger partial charge is 0.451 e. The quantitative estimate of drug-likeness (QED) is 0.676. The molecule has 0 bridgehead atoms. The molecule has 3 aromatic rings. The molecule has 1 amide bonds. The molecule has 142 valence electrons. The van der Waals surface area contributed by atoms with Gasteiger partial charge in [0.05, 0.1) is 6.04 Å². The molecular weight excluding hydrogens is 356 g/mol. The first-order chi connectivity index (χ1) is 13.0. The van der Waals surface area contributed by atoms with E-state index in [-0.39, 0.29) is 11.9 Å². The van der Waals surface area contributed by atoms with Crippen LogP contribution < -0.4 is 5.32 Å². The molecule has 2 aromatic heterocycles. The maximum Gasteiger partial charge on any atom is 0.287 e. The molecule has 1 N–H and O–H groups in total. The molecule has 0 saturated carbocycles. The molecule has 4 rings (SSSR count). The molecule has 0 spiro atoms. The number of carbonyl (C=O) groups is 1. The molecule has 3 heterocycles. The van der Waals surface area contributed by atoms with Gasteiger partial charge in [0, 0.05) is 22.4 Å². The van der Waals surface area contributed by atoms with Crippen molar-refractivity contribution in [3.8, 4) is 0 Å². The third-order valence-corrected chi connectivity index (χ3v) is 6.64. The molecule has 5 heteroatoms. The van der Waals surface area contributed by atoms with E-state index in [0.29, 0.717) is 12.3 Å². The van der Waals surface area contributed by atoms with Crippen molar-refractivity contribution in [1.29, 1.82) is 0 Å². The Morgan fingerprint density at radius 3 is 2.67 bits per heavy atom. The van der Waals surface area contributed by atoms with Gasteiger partial charge in [-0.1, -0.05) is 6.07 Å². The van der Waals surface area contributed by atoms with E-state index < -0.39 is 0 Å². The minimum absolute atomic E-state index is 0.125. The Bertz CT molecular complexity index is 953. The summed E-state index contributed by atoms with van der Waals surface area (Å²) >= 11 is 1.76. The topological polar surface area (TPSA) is 45.5 Å². The van der Waals surface area contributed by atoms with Gasteiger partial charge in [-0.2, -0.15) is 0 Å². The summed E-state index contributed by atoms with van der Waals surface area (Å²) in [6.07, 6.45) is 2.47. The second-order valence-electron chi connectivity index (χ2n) is 7.47. The zero-order chi connectivity index (χ0) is 19.0. The Morgan fingerprint density at radius 2 is 1.96 bits per heavy atom. The number of carbonyl (C=O) groups excluding carboxylic acids is 1. The van der Waals surface area contributed by atoms with Crippen LogP contribution >= 0.6 is 11.3 Å². The molecule has 0 aliphatic carbocycles. The van der Waals surface area contributed by atoms with Gasteiger partial charge in [-0.15, -0.1) is 11.3 Å². The van der Waals surface area contributed by atoms with Gasteiger partial charge in [-0.05, 0) is 81.4 Å². The van der Waals surface area contributed by atoms with Crippen LogP contribution in [0.5, 0.6) is 0 Å². The van der Waals surface area contributed by atoms with Gasteiger partial charge < -0.3 is 9.73 Å². The molecule has 1 saturated heterocycles. The summed E-state index contributed by atoms with van der Waals surface area (Å²) in [5, 5.41) is 6.26. The van der Waals surface area contributed by atoms with Gasteiger partial charge in [-0.3, -0.25) is 9.69 Å². The number of nitrogens with zero attached hydrogens (tertiary/aromatic N) is 1. The van der Waals surface area contributed by atoms with E-state index in [0.717, 1.165) is 29.6 Å². The van der Waals surface area contributed by atoms with Crippen molar-refractivity contribution in [3.63, 3.8) is 0 Å². The zero-order valence-corrected chi connectivity index (χ0v) is 17.0. The molecule has 1 fully saturated rings. The highest BCUT2D eigenvalue weighted by Crippen LogP contribution is 2.30. The number of rotatable bonds is 5. The predicted molar refractivity (Wildman–Crippen MR) is 111 cm³/mol. The lowest BCUT2D eigenvalue weighted by molar-refractivity contribution is 0.0912. The highest BCUT2D eigenvalue weighted by Gasteiger charge is 2.26. The highest BCUT2D eigenvalue weighted by molar-refractivity contribution is 7.10. The first-order valence-electron chi connectivity index (χ1n) is 9.60. The van der Waals surface area contributed by atoms with Crippen LogP contribution in [0.25, 0.3) is 11.0 Å². The summed E-state index contributed by atoms with van der Waals surface area (Å²) < 4.78 is 5.92. The molecule has 0 unspecified atom stereocenters. The third-order valence-electron chi connectivity index (χ3n) is 5.67. The number of nitrogens with one attached hydrogen (secondary N) is 1. The van der Waals surface area contributed by atoms with Crippen LogP contribution in [-0.4, -0.2) is 30.4 Å². The van der Waals surface area contributed by atoms with Gasteiger partial charge >= 0.3 is 0 Å².